The molecule has 0 heterocycles. The van der Waals surface area contributed by atoms with Crippen molar-refractivity contribution in [1.29, 1.82) is 0 Å². The first kappa shape index (κ1) is 14.1. The minimum absolute atomic E-state index is 0.378. The molecule has 0 aromatic heterocycles. The largest absolute Gasteiger partial charge is 0.281 e. The average molecular weight is 293 g/mol. The number of rotatable bonds is 4. The van der Waals surface area contributed by atoms with Gasteiger partial charge in [0.1, 0.15) is 0 Å². The molecular formula is C16H14Cl2O. The zero-order valence-electron chi connectivity index (χ0n) is 10.6. The molecule has 0 saturated heterocycles. The maximum atomic E-state index is 11.7. The lowest BCUT2D eigenvalue weighted by Crippen LogP contribution is -2.11. The number of aryl methyl sites for hydroxylation is 1. The zero-order valence-corrected chi connectivity index (χ0v) is 12.1. The van der Waals surface area contributed by atoms with Gasteiger partial charge in [0.2, 0.25) is 5.24 Å². The number of carbonyl (C=O) groups excluding carboxylic acids is 1. The Kier molecular flexibility index (Phi) is 4.62. The fourth-order valence-electron chi connectivity index (χ4n) is 2.13. The lowest BCUT2D eigenvalue weighted by molar-refractivity contribution is -0.113. The van der Waals surface area contributed by atoms with Crippen LogP contribution >= 0.6 is 23.2 Å². The molecule has 1 atom stereocenters. The van der Waals surface area contributed by atoms with Gasteiger partial charge in [0.25, 0.3) is 0 Å². The first-order valence-electron chi connectivity index (χ1n) is 6.08. The Bertz CT molecular complexity index is 593. The monoisotopic (exact) mass is 292 g/mol. The van der Waals surface area contributed by atoms with E-state index in [1.54, 1.807) is 6.07 Å². The maximum Gasteiger partial charge on any atom is 0.229 e. The highest BCUT2D eigenvalue weighted by Gasteiger charge is 2.22. The lowest BCUT2D eigenvalue weighted by atomic mass is 9.91. The molecule has 1 nitrogen and oxygen atoms in total. The van der Waals surface area contributed by atoms with Crippen LogP contribution in [0.3, 0.4) is 0 Å². The molecule has 0 radical (unpaired) electrons. The second-order valence-electron chi connectivity index (χ2n) is 4.51. The van der Waals surface area contributed by atoms with Gasteiger partial charge in [0.05, 0.1) is 5.92 Å². The summed E-state index contributed by atoms with van der Waals surface area (Å²) in [6.45, 7) is 2.03. The summed E-state index contributed by atoms with van der Waals surface area (Å²) in [5.74, 6) is -0.406. The first-order chi connectivity index (χ1) is 9.09. The van der Waals surface area contributed by atoms with E-state index in [2.05, 4.69) is 0 Å². The van der Waals surface area contributed by atoms with Crippen LogP contribution in [0, 0.1) is 6.92 Å². The van der Waals surface area contributed by atoms with Gasteiger partial charge in [-0.25, -0.2) is 0 Å². The summed E-state index contributed by atoms with van der Waals surface area (Å²) in [4.78, 5) is 11.7. The van der Waals surface area contributed by atoms with Crippen LogP contribution < -0.4 is 0 Å². The van der Waals surface area contributed by atoms with E-state index in [0.29, 0.717) is 11.4 Å². The van der Waals surface area contributed by atoms with Crippen LogP contribution in [-0.2, 0) is 11.2 Å². The van der Waals surface area contributed by atoms with E-state index in [0.717, 1.165) is 16.7 Å². The summed E-state index contributed by atoms with van der Waals surface area (Å²) in [7, 11) is 0. The van der Waals surface area contributed by atoms with E-state index in [1.165, 1.54) is 0 Å². The minimum Gasteiger partial charge on any atom is -0.281 e. The third-order valence-corrected chi connectivity index (χ3v) is 3.85. The molecule has 0 aliphatic heterocycles. The minimum atomic E-state index is -0.406. The van der Waals surface area contributed by atoms with Crippen molar-refractivity contribution in [2.24, 2.45) is 0 Å². The molecule has 2 aromatic carbocycles. The molecule has 0 bridgehead atoms. The van der Waals surface area contributed by atoms with Crippen molar-refractivity contribution in [2.75, 3.05) is 0 Å². The van der Waals surface area contributed by atoms with Crippen LogP contribution in [0.1, 0.15) is 22.6 Å². The van der Waals surface area contributed by atoms with Gasteiger partial charge in [-0.2, -0.15) is 0 Å². The van der Waals surface area contributed by atoms with Crippen LogP contribution in [0.4, 0.5) is 0 Å². The predicted octanol–water partition coefficient (Wildman–Crippen LogP) is 4.74. The van der Waals surface area contributed by atoms with Crippen molar-refractivity contribution in [3.63, 3.8) is 0 Å². The highest BCUT2D eigenvalue weighted by atomic mass is 35.5. The molecule has 19 heavy (non-hydrogen) atoms. The van der Waals surface area contributed by atoms with Gasteiger partial charge in [0.15, 0.2) is 0 Å². The summed E-state index contributed by atoms with van der Waals surface area (Å²) in [6.07, 6.45) is 0.568. The Morgan fingerprint density at radius 1 is 1.11 bits per heavy atom. The van der Waals surface area contributed by atoms with Crippen molar-refractivity contribution in [1.82, 2.24) is 0 Å². The highest BCUT2D eigenvalue weighted by molar-refractivity contribution is 6.64. The van der Waals surface area contributed by atoms with E-state index in [1.807, 2.05) is 49.4 Å². The summed E-state index contributed by atoms with van der Waals surface area (Å²) in [5, 5.41) is 0.200. The van der Waals surface area contributed by atoms with Gasteiger partial charge in [-0.1, -0.05) is 54.1 Å². The second kappa shape index (κ2) is 6.23. The topological polar surface area (TPSA) is 17.1 Å². The van der Waals surface area contributed by atoms with E-state index < -0.39 is 5.92 Å². The molecule has 0 aliphatic rings. The molecule has 0 amide bonds. The summed E-state index contributed by atoms with van der Waals surface area (Å²) in [6, 6.07) is 15.3. The molecule has 1 unspecified atom stereocenters. The molecule has 3 heteroatoms. The van der Waals surface area contributed by atoms with Crippen LogP contribution in [0.15, 0.2) is 48.5 Å². The Balaban J connectivity index is 2.35. The Hall–Kier alpha value is -1.31. The van der Waals surface area contributed by atoms with Crippen LogP contribution in [0.5, 0.6) is 0 Å². The second-order valence-corrected chi connectivity index (χ2v) is 5.29. The zero-order chi connectivity index (χ0) is 13.8. The third kappa shape index (κ3) is 3.37. The van der Waals surface area contributed by atoms with Gasteiger partial charge >= 0.3 is 0 Å². The molecule has 2 rings (SSSR count). The van der Waals surface area contributed by atoms with E-state index in [-0.39, 0.29) is 5.24 Å². The summed E-state index contributed by atoms with van der Waals surface area (Å²) in [5.41, 5.74) is 3.05. The van der Waals surface area contributed by atoms with Gasteiger partial charge in [-0.05, 0) is 47.7 Å². The quantitative estimate of drug-likeness (QED) is 0.744. The molecule has 0 aliphatic carbocycles. The lowest BCUT2D eigenvalue weighted by Gasteiger charge is -2.16. The molecule has 0 spiro atoms. The maximum absolute atomic E-state index is 11.7. The van der Waals surface area contributed by atoms with Crippen molar-refractivity contribution in [3.8, 4) is 0 Å². The number of halogens is 2. The fourth-order valence-corrected chi connectivity index (χ4v) is 2.59. The van der Waals surface area contributed by atoms with E-state index in [9.17, 15) is 4.79 Å². The predicted molar refractivity (Wildman–Crippen MR) is 79.9 cm³/mol. The van der Waals surface area contributed by atoms with Crippen molar-refractivity contribution < 1.29 is 4.79 Å². The first-order valence-corrected chi connectivity index (χ1v) is 6.83. The standard InChI is InChI=1S/C16H14Cl2O/c1-11-6-2-3-7-12(11)10-14(16(18)19)13-8-4-5-9-15(13)17/h2-9,14H,10H2,1H3. The normalized spacial score (nSPS) is 12.2. The molecule has 0 fully saturated rings. The van der Waals surface area contributed by atoms with E-state index >= 15 is 0 Å². The van der Waals surface area contributed by atoms with Gasteiger partial charge < -0.3 is 0 Å². The number of benzene rings is 2. The molecular weight excluding hydrogens is 279 g/mol. The number of carbonyl (C=O) groups is 1. The molecule has 0 saturated carbocycles. The molecule has 2 aromatic rings. The summed E-state index contributed by atoms with van der Waals surface area (Å²) < 4.78 is 0. The Morgan fingerprint density at radius 3 is 2.37 bits per heavy atom. The van der Waals surface area contributed by atoms with Gasteiger partial charge in [0, 0.05) is 5.02 Å². The highest BCUT2D eigenvalue weighted by Crippen LogP contribution is 2.30. The van der Waals surface area contributed by atoms with Crippen molar-refractivity contribution in [2.45, 2.75) is 19.3 Å². The van der Waals surface area contributed by atoms with Crippen LogP contribution in [0.25, 0.3) is 0 Å². The Morgan fingerprint density at radius 2 is 1.74 bits per heavy atom. The van der Waals surface area contributed by atoms with Gasteiger partial charge in [-0.15, -0.1) is 0 Å². The van der Waals surface area contributed by atoms with Crippen LogP contribution in [0.2, 0.25) is 5.02 Å². The van der Waals surface area contributed by atoms with E-state index in [4.69, 9.17) is 23.2 Å². The smallest absolute Gasteiger partial charge is 0.229 e. The fraction of sp³-hybridized carbons (Fsp3) is 0.188. The SMILES string of the molecule is Cc1ccccc1CC(C(=O)Cl)c1ccccc1Cl. The number of hydrogen-bond donors (Lipinski definition) is 0. The molecule has 98 valence electrons. The van der Waals surface area contributed by atoms with Gasteiger partial charge in [-0.3, -0.25) is 4.79 Å². The van der Waals surface area contributed by atoms with Crippen molar-refractivity contribution >= 4 is 28.4 Å². The Labute approximate surface area is 123 Å². The number of hydrogen-bond acceptors (Lipinski definition) is 1. The average Bonchev–Trinajstić information content (AvgIpc) is 2.38. The molecule has 0 N–H and O–H groups in total. The third-order valence-electron chi connectivity index (χ3n) is 3.24. The summed E-state index contributed by atoms with van der Waals surface area (Å²) >= 11 is 11.9. The van der Waals surface area contributed by atoms with Crippen molar-refractivity contribution in [3.05, 3.63) is 70.2 Å². The van der Waals surface area contributed by atoms with Crippen LogP contribution in [-0.4, -0.2) is 5.24 Å².